The zero-order valence-electron chi connectivity index (χ0n) is 13.3. The maximum absolute atomic E-state index is 5.66. The Hall–Kier alpha value is -1.62. The van der Waals surface area contributed by atoms with E-state index in [-0.39, 0.29) is 0 Å². The third kappa shape index (κ3) is 4.02. The first kappa shape index (κ1) is 16.2. The fourth-order valence-corrected chi connectivity index (χ4v) is 4.35. The van der Waals surface area contributed by atoms with Gasteiger partial charge >= 0.3 is 0 Å². The SMILES string of the molecule is CC(C)c1cc(Sc2cnc(CN)s2)cc(-c2ccccc2)c1. The Kier molecular flexibility index (Phi) is 5.16. The van der Waals surface area contributed by atoms with Crippen LogP contribution in [-0.4, -0.2) is 4.98 Å². The standard InChI is InChI=1S/C19H20N2S2/c1-13(2)15-8-16(14-6-4-3-5-7-14)10-17(9-15)22-19-12-21-18(11-20)23-19/h3-10,12-13H,11,20H2,1-2H3. The summed E-state index contributed by atoms with van der Waals surface area (Å²) in [4.78, 5) is 5.59. The average molecular weight is 341 g/mol. The summed E-state index contributed by atoms with van der Waals surface area (Å²) in [5.74, 6) is 0.499. The first-order chi connectivity index (χ1) is 11.2. The van der Waals surface area contributed by atoms with Crippen LogP contribution in [0.25, 0.3) is 11.1 Å². The van der Waals surface area contributed by atoms with Crippen LogP contribution in [0.3, 0.4) is 0 Å². The van der Waals surface area contributed by atoms with Gasteiger partial charge in [0, 0.05) is 11.4 Å². The van der Waals surface area contributed by atoms with Gasteiger partial charge in [-0.15, -0.1) is 11.3 Å². The minimum Gasteiger partial charge on any atom is -0.325 e. The molecule has 0 saturated carbocycles. The van der Waals surface area contributed by atoms with Gasteiger partial charge in [-0.3, -0.25) is 0 Å². The van der Waals surface area contributed by atoms with Crippen molar-refractivity contribution in [3.63, 3.8) is 0 Å². The largest absolute Gasteiger partial charge is 0.325 e. The molecule has 0 aliphatic heterocycles. The van der Waals surface area contributed by atoms with Crippen LogP contribution in [0.1, 0.15) is 30.3 Å². The predicted octanol–water partition coefficient (Wildman–Crippen LogP) is 5.54. The topological polar surface area (TPSA) is 38.9 Å². The zero-order chi connectivity index (χ0) is 16.2. The molecular weight excluding hydrogens is 320 g/mol. The van der Waals surface area contributed by atoms with Crippen LogP contribution in [-0.2, 0) is 6.54 Å². The van der Waals surface area contributed by atoms with E-state index in [1.54, 1.807) is 23.1 Å². The summed E-state index contributed by atoms with van der Waals surface area (Å²) in [5, 5.41) is 0.982. The van der Waals surface area contributed by atoms with E-state index < -0.39 is 0 Å². The summed E-state index contributed by atoms with van der Waals surface area (Å²) < 4.78 is 1.19. The smallest absolute Gasteiger partial charge is 0.107 e. The highest BCUT2D eigenvalue weighted by atomic mass is 32.2. The van der Waals surface area contributed by atoms with E-state index in [0.717, 1.165) is 5.01 Å². The molecule has 0 amide bonds. The van der Waals surface area contributed by atoms with E-state index in [9.17, 15) is 0 Å². The Labute approximate surface area is 145 Å². The highest BCUT2D eigenvalue weighted by molar-refractivity contribution is 8.01. The molecule has 0 bridgehead atoms. The first-order valence-corrected chi connectivity index (χ1v) is 9.32. The predicted molar refractivity (Wildman–Crippen MR) is 100 cm³/mol. The normalized spacial score (nSPS) is 11.1. The molecule has 0 atom stereocenters. The third-order valence-corrected chi connectivity index (χ3v) is 5.72. The Balaban J connectivity index is 1.97. The van der Waals surface area contributed by atoms with E-state index in [0.29, 0.717) is 12.5 Å². The number of thiazole rings is 1. The number of hydrogen-bond acceptors (Lipinski definition) is 4. The Morgan fingerprint density at radius 3 is 2.52 bits per heavy atom. The molecule has 2 nitrogen and oxygen atoms in total. The van der Waals surface area contributed by atoms with Crippen molar-refractivity contribution in [1.82, 2.24) is 4.98 Å². The fraction of sp³-hybridized carbons (Fsp3) is 0.211. The Morgan fingerprint density at radius 1 is 1.09 bits per heavy atom. The van der Waals surface area contributed by atoms with Crippen LogP contribution in [0.5, 0.6) is 0 Å². The van der Waals surface area contributed by atoms with Crippen molar-refractivity contribution >= 4 is 23.1 Å². The van der Waals surface area contributed by atoms with Crippen molar-refractivity contribution in [1.29, 1.82) is 0 Å². The van der Waals surface area contributed by atoms with Crippen molar-refractivity contribution in [2.75, 3.05) is 0 Å². The monoisotopic (exact) mass is 340 g/mol. The van der Waals surface area contributed by atoms with Crippen LogP contribution in [0.4, 0.5) is 0 Å². The molecule has 2 N–H and O–H groups in total. The molecule has 1 aromatic heterocycles. The summed E-state index contributed by atoms with van der Waals surface area (Å²) in [6.45, 7) is 4.97. The molecule has 1 heterocycles. The maximum atomic E-state index is 5.66. The molecule has 3 aromatic rings. The van der Waals surface area contributed by atoms with Crippen molar-refractivity contribution in [3.8, 4) is 11.1 Å². The molecule has 3 rings (SSSR count). The molecule has 118 valence electrons. The molecule has 0 fully saturated rings. The van der Waals surface area contributed by atoms with Crippen LogP contribution in [0.2, 0.25) is 0 Å². The first-order valence-electron chi connectivity index (χ1n) is 7.68. The summed E-state index contributed by atoms with van der Waals surface area (Å²) in [7, 11) is 0. The summed E-state index contributed by atoms with van der Waals surface area (Å²) >= 11 is 3.44. The van der Waals surface area contributed by atoms with Gasteiger partial charge in [-0.2, -0.15) is 0 Å². The molecular formula is C19H20N2S2. The van der Waals surface area contributed by atoms with E-state index in [2.05, 4.69) is 67.4 Å². The van der Waals surface area contributed by atoms with Gasteiger partial charge in [0.15, 0.2) is 0 Å². The van der Waals surface area contributed by atoms with Gasteiger partial charge in [0.2, 0.25) is 0 Å². The molecule has 23 heavy (non-hydrogen) atoms. The lowest BCUT2D eigenvalue weighted by molar-refractivity contribution is 0.863. The zero-order valence-corrected chi connectivity index (χ0v) is 15.0. The number of nitrogens with zero attached hydrogens (tertiary/aromatic N) is 1. The van der Waals surface area contributed by atoms with Gasteiger partial charge in [-0.05, 0) is 34.7 Å². The second-order valence-electron chi connectivity index (χ2n) is 5.69. The van der Waals surface area contributed by atoms with Crippen molar-refractivity contribution in [2.45, 2.75) is 35.4 Å². The molecule has 0 spiro atoms. The van der Waals surface area contributed by atoms with E-state index >= 15 is 0 Å². The highest BCUT2D eigenvalue weighted by Crippen LogP contribution is 2.36. The van der Waals surface area contributed by atoms with Gasteiger partial charge < -0.3 is 5.73 Å². The van der Waals surface area contributed by atoms with Crippen molar-refractivity contribution in [2.24, 2.45) is 5.73 Å². The fourth-order valence-electron chi connectivity index (χ4n) is 2.36. The van der Waals surface area contributed by atoms with Gasteiger partial charge in [0.1, 0.15) is 5.01 Å². The van der Waals surface area contributed by atoms with Crippen molar-refractivity contribution in [3.05, 3.63) is 65.3 Å². The second kappa shape index (κ2) is 7.30. The van der Waals surface area contributed by atoms with Crippen LogP contribution in [0, 0.1) is 0 Å². The lowest BCUT2D eigenvalue weighted by Gasteiger charge is -2.12. The van der Waals surface area contributed by atoms with Crippen molar-refractivity contribution < 1.29 is 0 Å². The summed E-state index contributed by atoms with van der Waals surface area (Å²) in [5.41, 5.74) is 9.54. The van der Waals surface area contributed by atoms with E-state index in [1.165, 1.54) is 25.8 Å². The average Bonchev–Trinajstić information content (AvgIpc) is 3.03. The summed E-state index contributed by atoms with van der Waals surface area (Å²) in [6, 6.07) is 17.4. The highest BCUT2D eigenvalue weighted by Gasteiger charge is 2.09. The Morgan fingerprint density at radius 2 is 1.87 bits per heavy atom. The lowest BCUT2D eigenvalue weighted by Crippen LogP contribution is -1.93. The van der Waals surface area contributed by atoms with Gasteiger partial charge in [0.05, 0.1) is 10.4 Å². The summed E-state index contributed by atoms with van der Waals surface area (Å²) in [6.07, 6.45) is 1.92. The van der Waals surface area contributed by atoms with E-state index in [4.69, 9.17) is 5.73 Å². The second-order valence-corrected chi connectivity index (χ2v) is 8.18. The Bertz CT molecular complexity index is 779. The minimum atomic E-state index is 0.499. The molecule has 0 aliphatic rings. The minimum absolute atomic E-state index is 0.499. The van der Waals surface area contributed by atoms with Crippen LogP contribution < -0.4 is 5.73 Å². The molecule has 0 radical (unpaired) electrons. The molecule has 0 saturated heterocycles. The number of benzene rings is 2. The number of nitrogens with two attached hydrogens (primary N) is 1. The molecule has 2 aromatic carbocycles. The van der Waals surface area contributed by atoms with Crippen LogP contribution >= 0.6 is 23.1 Å². The number of rotatable bonds is 5. The molecule has 0 aliphatic carbocycles. The van der Waals surface area contributed by atoms with Gasteiger partial charge in [-0.1, -0.05) is 62.0 Å². The van der Waals surface area contributed by atoms with E-state index in [1.807, 2.05) is 6.20 Å². The van der Waals surface area contributed by atoms with Crippen LogP contribution in [0.15, 0.2) is 63.8 Å². The maximum Gasteiger partial charge on any atom is 0.107 e. The number of aromatic nitrogens is 1. The third-order valence-electron chi connectivity index (χ3n) is 3.63. The lowest BCUT2D eigenvalue weighted by atomic mass is 9.97. The number of hydrogen-bond donors (Lipinski definition) is 1. The quantitative estimate of drug-likeness (QED) is 0.662. The molecule has 4 heteroatoms. The van der Waals surface area contributed by atoms with Gasteiger partial charge in [-0.25, -0.2) is 4.98 Å². The molecule has 0 unspecified atom stereocenters. The van der Waals surface area contributed by atoms with Gasteiger partial charge in [0.25, 0.3) is 0 Å².